The maximum atomic E-state index is 13.8. The van der Waals surface area contributed by atoms with Gasteiger partial charge in [-0.05, 0) is 35.1 Å². The van der Waals surface area contributed by atoms with E-state index in [1.807, 2.05) is 74.5 Å². The number of primary amides is 1. The number of fused-ring (bicyclic) bond motifs is 1. The second-order valence-corrected chi connectivity index (χ2v) is 10.2. The van der Waals surface area contributed by atoms with Crippen LogP contribution in [0.25, 0.3) is 5.57 Å². The summed E-state index contributed by atoms with van der Waals surface area (Å²) in [6, 6.07) is 23.3. The van der Waals surface area contributed by atoms with E-state index in [0.29, 0.717) is 23.3 Å². The molecule has 2 aromatic carbocycles. The lowest BCUT2D eigenvalue weighted by atomic mass is 9.82. The van der Waals surface area contributed by atoms with E-state index in [9.17, 15) is 14.4 Å². The molecule has 2 aliphatic rings. The molecule has 0 bridgehead atoms. The minimum atomic E-state index is -0.941. The van der Waals surface area contributed by atoms with Crippen molar-refractivity contribution in [1.82, 2.24) is 9.88 Å². The number of amides is 2. The summed E-state index contributed by atoms with van der Waals surface area (Å²) < 4.78 is 11.2. The number of esters is 1. The highest BCUT2D eigenvalue weighted by Crippen LogP contribution is 2.51. The first-order valence-corrected chi connectivity index (χ1v) is 12.5. The molecule has 1 aromatic heterocycles. The maximum Gasteiger partial charge on any atom is 0.404 e. The van der Waals surface area contributed by atoms with E-state index >= 15 is 0 Å². The lowest BCUT2D eigenvalue weighted by Gasteiger charge is -2.42. The summed E-state index contributed by atoms with van der Waals surface area (Å²) in [7, 11) is 0. The lowest BCUT2D eigenvalue weighted by Crippen LogP contribution is -2.58. The van der Waals surface area contributed by atoms with Crippen molar-refractivity contribution >= 4 is 23.5 Å². The molecule has 3 aromatic rings. The van der Waals surface area contributed by atoms with Gasteiger partial charge in [0.15, 0.2) is 6.10 Å². The fourth-order valence-electron chi connectivity index (χ4n) is 5.48. The Morgan fingerprint density at radius 1 is 1.00 bits per heavy atom. The molecule has 0 saturated carbocycles. The van der Waals surface area contributed by atoms with Gasteiger partial charge in [0.05, 0.1) is 11.7 Å². The summed E-state index contributed by atoms with van der Waals surface area (Å²) in [6.07, 6.45) is 0.595. The highest BCUT2D eigenvalue weighted by molar-refractivity contribution is 6.10. The zero-order valence-corrected chi connectivity index (χ0v) is 21.2. The van der Waals surface area contributed by atoms with Crippen LogP contribution in [0.2, 0.25) is 0 Å². The molecule has 8 heteroatoms. The fraction of sp³-hybridized carbons (Fsp3) is 0.267. The van der Waals surface area contributed by atoms with Crippen molar-refractivity contribution in [2.24, 2.45) is 11.1 Å². The van der Waals surface area contributed by atoms with Crippen LogP contribution in [0, 0.1) is 5.41 Å². The minimum Gasteiger partial charge on any atom is -0.451 e. The van der Waals surface area contributed by atoms with Crippen LogP contribution in [0.5, 0.6) is 0 Å². The van der Waals surface area contributed by atoms with Crippen molar-refractivity contribution in [2.75, 3.05) is 6.61 Å². The molecule has 2 fully saturated rings. The number of nitrogens with two attached hydrogens (primary N) is 1. The number of carbonyl (C=O) groups is 3. The second kappa shape index (κ2) is 10.1. The number of nitrogens with zero attached hydrogens (tertiary/aromatic N) is 2. The summed E-state index contributed by atoms with van der Waals surface area (Å²) in [5, 5.41) is 0. The summed E-state index contributed by atoms with van der Waals surface area (Å²) in [5.74, 6) is -0.761. The SMILES string of the molecule is CC1(C)CC2/C(=C(/COC(N)=O)c3ccccn3)C(=O)N2[C@H]1C(=O)OC(c1ccccc1)c1ccccc1. The minimum absolute atomic E-state index is 0.183. The van der Waals surface area contributed by atoms with Crippen LogP contribution in [-0.4, -0.2) is 46.5 Å². The average molecular weight is 512 g/mol. The quantitative estimate of drug-likeness (QED) is 0.288. The first kappa shape index (κ1) is 25.2. The van der Waals surface area contributed by atoms with Gasteiger partial charge in [-0.15, -0.1) is 0 Å². The number of ether oxygens (including phenoxy) is 2. The van der Waals surface area contributed by atoms with Crippen molar-refractivity contribution in [3.63, 3.8) is 0 Å². The lowest BCUT2D eigenvalue weighted by molar-refractivity contribution is -0.162. The van der Waals surface area contributed by atoms with E-state index in [1.165, 1.54) is 0 Å². The summed E-state index contributed by atoms with van der Waals surface area (Å²) in [5.41, 5.74) is 7.83. The van der Waals surface area contributed by atoms with Crippen molar-refractivity contribution in [1.29, 1.82) is 0 Å². The standard InChI is InChI=1S/C30H29N3O5/c1-30(2)17-23-24(21(18-37-29(31)36)22-15-9-10-16-32-22)27(34)33(23)26(30)28(35)38-25(19-11-5-3-6-12-19)20-13-7-4-8-14-20/h3-16,23,25-26H,17-18H2,1-2H3,(H2,31,36)/b24-21+/t23?,26-/m0/s1. The molecule has 0 spiro atoms. The first-order valence-electron chi connectivity index (χ1n) is 12.5. The van der Waals surface area contributed by atoms with Crippen LogP contribution in [0.3, 0.4) is 0 Å². The van der Waals surface area contributed by atoms with Crippen LogP contribution in [0.1, 0.15) is 43.2 Å². The monoisotopic (exact) mass is 511 g/mol. The van der Waals surface area contributed by atoms with Crippen LogP contribution >= 0.6 is 0 Å². The number of benzene rings is 2. The number of hydrogen-bond acceptors (Lipinski definition) is 6. The third-order valence-electron chi connectivity index (χ3n) is 7.19. The number of rotatable bonds is 7. The molecule has 2 aliphatic heterocycles. The third kappa shape index (κ3) is 4.65. The van der Waals surface area contributed by atoms with Gasteiger partial charge in [0.1, 0.15) is 12.6 Å². The van der Waals surface area contributed by atoms with E-state index in [-0.39, 0.29) is 18.6 Å². The van der Waals surface area contributed by atoms with E-state index in [4.69, 9.17) is 15.2 Å². The van der Waals surface area contributed by atoms with Gasteiger partial charge < -0.3 is 20.1 Å². The number of hydrogen-bond donors (Lipinski definition) is 1. The number of β-lactam (4-membered cyclic amide) rings is 1. The molecule has 3 heterocycles. The van der Waals surface area contributed by atoms with E-state index in [1.54, 1.807) is 29.3 Å². The van der Waals surface area contributed by atoms with Gasteiger partial charge in [0.25, 0.3) is 5.91 Å². The highest BCUT2D eigenvalue weighted by Gasteiger charge is 2.62. The number of carbonyl (C=O) groups excluding carboxylic acids is 3. The zero-order valence-electron chi connectivity index (χ0n) is 21.2. The molecule has 5 rings (SSSR count). The Kier molecular flexibility index (Phi) is 6.72. The molecule has 194 valence electrons. The van der Waals surface area contributed by atoms with Crippen LogP contribution in [-0.2, 0) is 19.1 Å². The summed E-state index contributed by atoms with van der Waals surface area (Å²) in [6.45, 7) is 3.74. The van der Waals surface area contributed by atoms with Gasteiger partial charge in [0.2, 0.25) is 0 Å². The Bertz CT molecular complexity index is 1330. The van der Waals surface area contributed by atoms with Crippen LogP contribution < -0.4 is 5.73 Å². The number of aromatic nitrogens is 1. The predicted molar refractivity (Wildman–Crippen MR) is 140 cm³/mol. The fourth-order valence-corrected chi connectivity index (χ4v) is 5.48. The Morgan fingerprint density at radius 3 is 2.16 bits per heavy atom. The predicted octanol–water partition coefficient (Wildman–Crippen LogP) is 4.27. The van der Waals surface area contributed by atoms with Gasteiger partial charge in [-0.2, -0.15) is 0 Å². The van der Waals surface area contributed by atoms with Gasteiger partial charge in [-0.25, -0.2) is 9.59 Å². The molecular formula is C30H29N3O5. The van der Waals surface area contributed by atoms with Gasteiger partial charge in [-0.3, -0.25) is 9.78 Å². The van der Waals surface area contributed by atoms with Gasteiger partial charge in [-0.1, -0.05) is 80.6 Å². The average Bonchev–Trinajstić information content (AvgIpc) is 3.18. The van der Waals surface area contributed by atoms with Crippen LogP contribution in [0.4, 0.5) is 4.79 Å². The zero-order chi connectivity index (χ0) is 26.9. The largest absolute Gasteiger partial charge is 0.451 e. The topological polar surface area (TPSA) is 112 Å². The summed E-state index contributed by atoms with van der Waals surface area (Å²) in [4.78, 5) is 44.7. The highest BCUT2D eigenvalue weighted by atomic mass is 16.5. The third-order valence-corrected chi connectivity index (χ3v) is 7.19. The molecule has 1 unspecified atom stereocenters. The molecule has 2 atom stereocenters. The Labute approximate surface area is 221 Å². The van der Waals surface area contributed by atoms with E-state index in [0.717, 1.165) is 11.1 Å². The Balaban J connectivity index is 1.46. The molecule has 2 N–H and O–H groups in total. The van der Waals surface area contributed by atoms with E-state index < -0.39 is 29.6 Å². The van der Waals surface area contributed by atoms with Crippen molar-refractivity contribution < 1.29 is 23.9 Å². The van der Waals surface area contributed by atoms with Crippen LogP contribution in [0.15, 0.2) is 90.6 Å². The molecule has 8 nitrogen and oxygen atoms in total. The van der Waals surface area contributed by atoms with Crippen molar-refractivity contribution in [2.45, 2.75) is 38.5 Å². The first-order chi connectivity index (χ1) is 18.3. The van der Waals surface area contributed by atoms with Gasteiger partial charge in [0, 0.05) is 17.3 Å². The Hall–Kier alpha value is -4.46. The number of pyridine rings is 1. The molecule has 2 saturated heterocycles. The van der Waals surface area contributed by atoms with Crippen molar-refractivity contribution in [3.8, 4) is 0 Å². The molecule has 0 aliphatic carbocycles. The summed E-state index contributed by atoms with van der Waals surface area (Å²) >= 11 is 0. The Morgan fingerprint density at radius 2 is 1.61 bits per heavy atom. The molecule has 0 radical (unpaired) electrons. The van der Waals surface area contributed by atoms with Crippen molar-refractivity contribution in [3.05, 3.63) is 107 Å². The molecular weight excluding hydrogens is 482 g/mol. The van der Waals surface area contributed by atoms with E-state index in [2.05, 4.69) is 4.98 Å². The van der Waals surface area contributed by atoms with Gasteiger partial charge >= 0.3 is 12.1 Å². The second-order valence-electron chi connectivity index (χ2n) is 10.2. The molecule has 2 amide bonds. The maximum absolute atomic E-state index is 13.8. The smallest absolute Gasteiger partial charge is 0.404 e. The molecule has 38 heavy (non-hydrogen) atoms. The normalized spacial score (nSPS) is 20.9.